The predicted octanol–water partition coefficient (Wildman–Crippen LogP) is 1.26. The minimum atomic E-state index is -0.245. The van der Waals surface area contributed by atoms with Gasteiger partial charge in [0.1, 0.15) is 5.75 Å². The molecular formula is C13H19NO3. The predicted molar refractivity (Wildman–Crippen MR) is 68.3 cm³/mol. The van der Waals surface area contributed by atoms with E-state index in [4.69, 9.17) is 9.84 Å². The Kier molecular flexibility index (Phi) is 5.52. The molecule has 0 amide bonds. The minimum absolute atomic E-state index is 0.0438. The zero-order valence-electron chi connectivity index (χ0n) is 9.97. The number of aliphatic hydroxyl groups excluding tert-OH is 2. The van der Waals surface area contributed by atoms with Crippen LogP contribution in [-0.2, 0) is 0 Å². The number of hydrogen-bond donors (Lipinski definition) is 3. The van der Waals surface area contributed by atoms with Crippen LogP contribution in [0.4, 0.5) is 5.69 Å². The standard InChI is InChI=1S/C13H19NO3/c1-3-10(8-15)13(9-16)14-11-4-6-12(17-2)7-5-11/h3-7,10,13-16H,1,8-9H2,2H3/t10-,13+/m1/s1. The molecule has 17 heavy (non-hydrogen) atoms. The van der Waals surface area contributed by atoms with Gasteiger partial charge in [0, 0.05) is 11.6 Å². The molecule has 0 aliphatic carbocycles. The van der Waals surface area contributed by atoms with Crippen molar-refractivity contribution in [2.75, 3.05) is 25.6 Å². The van der Waals surface area contributed by atoms with Gasteiger partial charge in [-0.05, 0) is 24.3 Å². The van der Waals surface area contributed by atoms with Crippen LogP contribution in [0.1, 0.15) is 0 Å². The van der Waals surface area contributed by atoms with E-state index in [-0.39, 0.29) is 25.2 Å². The zero-order chi connectivity index (χ0) is 12.7. The number of anilines is 1. The van der Waals surface area contributed by atoms with E-state index < -0.39 is 0 Å². The van der Waals surface area contributed by atoms with Crippen LogP contribution in [0.15, 0.2) is 36.9 Å². The Morgan fingerprint density at radius 1 is 1.29 bits per heavy atom. The van der Waals surface area contributed by atoms with Gasteiger partial charge in [0.15, 0.2) is 0 Å². The van der Waals surface area contributed by atoms with Crippen molar-refractivity contribution in [2.45, 2.75) is 6.04 Å². The third-order valence-electron chi connectivity index (χ3n) is 2.67. The number of hydrogen-bond acceptors (Lipinski definition) is 4. The number of benzene rings is 1. The topological polar surface area (TPSA) is 61.7 Å². The first-order valence-electron chi connectivity index (χ1n) is 5.50. The maximum absolute atomic E-state index is 9.27. The summed E-state index contributed by atoms with van der Waals surface area (Å²) in [6, 6.07) is 7.14. The number of rotatable bonds is 7. The summed E-state index contributed by atoms with van der Waals surface area (Å²) in [5.41, 5.74) is 0.866. The Labute approximate surface area is 102 Å². The van der Waals surface area contributed by atoms with Crippen LogP contribution in [0, 0.1) is 5.92 Å². The molecule has 0 bridgehead atoms. The van der Waals surface area contributed by atoms with Gasteiger partial charge in [-0.3, -0.25) is 0 Å². The van der Waals surface area contributed by atoms with E-state index in [2.05, 4.69) is 11.9 Å². The Bertz CT molecular complexity index is 337. The molecule has 0 spiro atoms. The number of ether oxygens (including phenoxy) is 1. The molecule has 4 heteroatoms. The summed E-state index contributed by atoms with van der Waals surface area (Å²) in [7, 11) is 1.61. The fourth-order valence-electron chi connectivity index (χ4n) is 1.56. The summed E-state index contributed by atoms with van der Waals surface area (Å²) < 4.78 is 5.06. The van der Waals surface area contributed by atoms with E-state index in [1.54, 1.807) is 13.2 Å². The maximum Gasteiger partial charge on any atom is 0.119 e. The third-order valence-corrected chi connectivity index (χ3v) is 2.67. The van der Waals surface area contributed by atoms with Crippen molar-refractivity contribution < 1.29 is 14.9 Å². The lowest BCUT2D eigenvalue weighted by Crippen LogP contribution is -2.33. The molecule has 0 aliphatic heterocycles. The van der Waals surface area contributed by atoms with Gasteiger partial charge < -0.3 is 20.3 Å². The highest BCUT2D eigenvalue weighted by Gasteiger charge is 2.16. The smallest absolute Gasteiger partial charge is 0.119 e. The molecule has 0 fully saturated rings. The highest BCUT2D eigenvalue weighted by molar-refractivity contribution is 5.47. The average Bonchev–Trinajstić information content (AvgIpc) is 2.39. The van der Waals surface area contributed by atoms with Gasteiger partial charge in [-0.1, -0.05) is 6.08 Å². The van der Waals surface area contributed by atoms with E-state index in [0.29, 0.717) is 0 Å². The van der Waals surface area contributed by atoms with E-state index in [0.717, 1.165) is 11.4 Å². The second kappa shape index (κ2) is 6.93. The molecule has 94 valence electrons. The van der Waals surface area contributed by atoms with Crippen molar-refractivity contribution in [1.82, 2.24) is 0 Å². The largest absolute Gasteiger partial charge is 0.497 e. The average molecular weight is 237 g/mol. The quantitative estimate of drug-likeness (QED) is 0.625. The number of methoxy groups -OCH3 is 1. The van der Waals surface area contributed by atoms with Gasteiger partial charge in [-0.15, -0.1) is 6.58 Å². The van der Waals surface area contributed by atoms with Crippen LogP contribution in [0.5, 0.6) is 5.75 Å². The van der Waals surface area contributed by atoms with E-state index in [1.807, 2.05) is 24.3 Å². The summed E-state index contributed by atoms with van der Waals surface area (Å²) in [6.45, 7) is 3.53. The van der Waals surface area contributed by atoms with Gasteiger partial charge in [0.2, 0.25) is 0 Å². The van der Waals surface area contributed by atoms with E-state index in [9.17, 15) is 5.11 Å². The van der Waals surface area contributed by atoms with Crippen LogP contribution in [0.3, 0.4) is 0 Å². The monoisotopic (exact) mass is 237 g/mol. The van der Waals surface area contributed by atoms with E-state index in [1.165, 1.54) is 0 Å². The van der Waals surface area contributed by atoms with Crippen LogP contribution < -0.4 is 10.1 Å². The summed E-state index contributed by atoms with van der Waals surface area (Å²) in [5, 5.41) is 21.6. The Morgan fingerprint density at radius 3 is 2.35 bits per heavy atom. The molecule has 0 unspecified atom stereocenters. The SMILES string of the molecule is C=C[C@H](CO)[C@H](CO)Nc1ccc(OC)cc1. The van der Waals surface area contributed by atoms with Crippen molar-refractivity contribution in [3.63, 3.8) is 0 Å². The first-order valence-corrected chi connectivity index (χ1v) is 5.50. The fourth-order valence-corrected chi connectivity index (χ4v) is 1.56. The van der Waals surface area contributed by atoms with Crippen molar-refractivity contribution in [3.8, 4) is 5.75 Å². The molecule has 0 saturated heterocycles. The van der Waals surface area contributed by atoms with Crippen LogP contribution in [0.2, 0.25) is 0 Å². The fraction of sp³-hybridized carbons (Fsp3) is 0.385. The molecule has 2 atom stereocenters. The van der Waals surface area contributed by atoms with Crippen LogP contribution in [0.25, 0.3) is 0 Å². The second-order valence-corrected chi connectivity index (χ2v) is 3.74. The number of nitrogens with one attached hydrogen (secondary N) is 1. The lowest BCUT2D eigenvalue weighted by Gasteiger charge is -2.23. The molecular weight excluding hydrogens is 218 g/mol. The molecule has 3 N–H and O–H groups in total. The van der Waals surface area contributed by atoms with Gasteiger partial charge in [0.25, 0.3) is 0 Å². The van der Waals surface area contributed by atoms with Crippen molar-refractivity contribution >= 4 is 5.69 Å². The molecule has 1 aromatic carbocycles. The lowest BCUT2D eigenvalue weighted by molar-refractivity contribution is 0.194. The summed E-state index contributed by atoms with van der Waals surface area (Å²) >= 11 is 0. The molecule has 0 saturated carbocycles. The van der Waals surface area contributed by atoms with Gasteiger partial charge in [-0.2, -0.15) is 0 Å². The molecule has 0 heterocycles. The molecule has 1 rings (SSSR count). The normalized spacial score (nSPS) is 13.8. The number of aliphatic hydroxyl groups is 2. The summed E-state index contributed by atoms with van der Waals surface area (Å²) in [5.74, 6) is 0.598. The van der Waals surface area contributed by atoms with Gasteiger partial charge in [0.05, 0.1) is 26.4 Å². The lowest BCUT2D eigenvalue weighted by atomic mass is 10.0. The van der Waals surface area contributed by atoms with Gasteiger partial charge in [-0.25, -0.2) is 0 Å². The van der Waals surface area contributed by atoms with Crippen LogP contribution in [-0.4, -0.2) is 36.6 Å². The van der Waals surface area contributed by atoms with E-state index >= 15 is 0 Å². The Morgan fingerprint density at radius 2 is 1.94 bits per heavy atom. The minimum Gasteiger partial charge on any atom is -0.497 e. The molecule has 0 aromatic heterocycles. The highest BCUT2D eigenvalue weighted by Crippen LogP contribution is 2.17. The summed E-state index contributed by atoms with van der Waals surface area (Å²) in [6.07, 6.45) is 1.64. The Hall–Kier alpha value is -1.52. The molecule has 4 nitrogen and oxygen atoms in total. The first kappa shape index (κ1) is 13.5. The van der Waals surface area contributed by atoms with Gasteiger partial charge >= 0.3 is 0 Å². The first-order chi connectivity index (χ1) is 8.24. The molecule has 0 aliphatic rings. The van der Waals surface area contributed by atoms with Crippen LogP contribution >= 0.6 is 0 Å². The molecule has 1 aromatic rings. The third kappa shape index (κ3) is 3.76. The second-order valence-electron chi connectivity index (χ2n) is 3.74. The van der Waals surface area contributed by atoms with Crippen molar-refractivity contribution in [1.29, 1.82) is 0 Å². The van der Waals surface area contributed by atoms with Crippen molar-refractivity contribution in [3.05, 3.63) is 36.9 Å². The molecule has 0 radical (unpaired) electrons. The van der Waals surface area contributed by atoms with Crippen molar-refractivity contribution in [2.24, 2.45) is 5.92 Å². The summed E-state index contributed by atoms with van der Waals surface area (Å²) in [4.78, 5) is 0. The highest BCUT2D eigenvalue weighted by atomic mass is 16.5. The zero-order valence-corrected chi connectivity index (χ0v) is 9.97. The maximum atomic E-state index is 9.27. The Balaban J connectivity index is 2.69.